The van der Waals surface area contributed by atoms with Crippen LogP contribution in [-0.4, -0.2) is 35.2 Å². The molecule has 23 heavy (non-hydrogen) atoms. The molecule has 1 amide bonds. The lowest BCUT2D eigenvalue weighted by atomic mass is 10.0. The van der Waals surface area contributed by atoms with Crippen LogP contribution in [-0.2, 0) is 11.2 Å². The number of H-pyrrole nitrogens is 1. The Morgan fingerprint density at radius 3 is 2.91 bits per heavy atom. The van der Waals surface area contributed by atoms with E-state index >= 15 is 0 Å². The second-order valence-corrected chi connectivity index (χ2v) is 6.27. The molecule has 1 aliphatic heterocycles. The number of nitrogens with zero attached hydrogens (tertiary/aromatic N) is 2. The molecular formula is C18H24N4O. The first kappa shape index (κ1) is 15.6. The third-order valence-corrected chi connectivity index (χ3v) is 4.42. The van der Waals surface area contributed by atoms with E-state index in [1.165, 1.54) is 11.3 Å². The molecule has 1 aromatic heterocycles. The number of aryl methyl sites for hydroxylation is 2. The van der Waals surface area contributed by atoms with Crippen molar-refractivity contribution in [3.8, 4) is 0 Å². The molecule has 0 saturated carbocycles. The lowest BCUT2D eigenvalue weighted by Crippen LogP contribution is -2.44. The summed E-state index contributed by atoms with van der Waals surface area (Å²) >= 11 is 0. The summed E-state index contributed by atoms with van der Waals surface area (Å²) in [7, 11) is 0. The number of rotatable bonds is 5. The lowest BCUT2D eigenvalue weighted by molar-refractivity contribution is -0.121. The standard InChI is InChI=1S/C18H24N4O/c1-14-3-2-4-17(11-14)22-9-7-16(8-10-22)21-18(23)6-5-15-12-19-20-13-15/h2-4,11-13,16H,5-10H2,1H3,(H,19,20)(H,21,23). The predicted octanol–water partition coefficient (Wildman–Crippen LogP) is 2.44. The minimum Gasteiger partial charge on any atom is -0.371 e. The van der Waals surface area contributed by atoms with Crippen molar-refractivity contribution < 1.29 is 4.79 Å². The van der Waals surface area contributed by atoms with Gasteiger partial charge in [-0.2, -0.15) is 5.10 Å². The van der Waals surface area contributed by atoms with E-state index in [2.05, 4.69) is 51.6 Å². The molecule has 5 nitrogen and oxygen atoms in total. The van der Waals surface area contributed by atoms with Gasteiger partial charge in [0.25, 0.3) is 0 Å². The van der Waals surface area contributed by atoms with Crippen LogP contribution in [0.3, 0.4) is 0 Å². The number of anilines is 1. The first-order chi connectivity index (χ1) is 11.2. The van der Waals surface area contributed by atoms with Crippen LogP contribution in [0.1, 0.15) is 30.4 Å². The molecule has 3 rings (SSSR count). The molecule has 2 heterocycles. The van der Waals surface area contributed by atoms with E-state index in [0.717, 1.165) is 37.9 Å². The number of aromatic nitrogens is 2. The van der Waals surface area contributed by atoms with Gasteiger partial charge >= 0.3 is 0 Å². The minimum absolute atomic E-state index is 0.139. The van der Waals surface area contributed by atoms with Crippen molar-refractivity contribution in [1.29, 1.82) is 0 Å². The molecule has 2 N–H and O–H groups in total. The predicted molar refractivity (Wildman–Crippen MR) is 91.5 cm³/mol. The maximum atomic E-state index is 12.0. The normalized spacial score (nSPS) is 15.6. The number of aromatic amines is 1. The van der Waals surface area contributed by atoms with Crippen molar-refractivity contribution in [3.05, 3.63) is 47.8 Å². The van der Waals surface area contributed by atoms with Gasteiger partial charge in [0.05, 0.1) is 6.20 Å². The molecule has 0 aliphatic carbocycles. The summed E-state index contributed by atoms with van der Waals surface area (Å²) in [5.41, 5.74) is 3.65. The average Bonchev–Trinajstić information content (AvgIpc) is 3.07. The fraction of sp³-hybridized carbons (Fsp3) is 0.444. The number of carbonyl (C=O) groups excluding carboxylic acids is 1. The Kier molecular flexibility index (Phi) is 4.95. The maximum absolute atomic E-state index is 12.0. The molecule has 1 aliphatic rings. The van der Waals surface area contributed by atoms with Crippen LogP contribution in [0, 0.1) is 6.92 Å². The van der Waals surface area contributed by atoms with Crippen LogP contribution in [0.5, 0.6) is 0 Å². The highest BCUT2D eigenvalue weighted by Gasteiger charge is 2.20. The zero-order chi connectivity index (χ0) is 16.1. The van der Waals surface area contributed by atoms with Crippen LogP contribution >= 0.6 is 0 Å². The van der Waals surface area contributed by atoms with Gasteiger partial charge in [0.1, 0.15) is 0 Å². The first-order valence-corrected chi connectivity index (χ1v) is 8.29. The fourth-order valence-electron chi connectivity index (χ4n) is 3.08. The van der Waals surface area contributed by atoms with Gasteiger partial charge in [0, 0.05) is 37.4 Å². The molecule has 1 aromatic carbocycles. The van der Waals surface area contributed by atoms with Crippen LogP contribution in [0.15, 0.2) is 36.7 Å². The van der Waals surface area contributed by atoms with E-state index in [-0.39, 0.29) is 5.91 Å². The summed E-state index contributed by atoms with van der Waals surface area (Å²) in [6.45, 7) is 4.11. The van der Waals surface area contributed by atoms with Crippen molar-refractivity contribution in [1.82, 2.24) is 15.5 Å². The molecular weight excluding hydrogens is 288 g/mol. The summed E-state index contributed by atoms with van der Waals surface area (Å²) in [6, 6.07) is 8.92. The van der Waals surface area contributed by atoms with Gasteiger partial charge in [-0.1, -0.05) is 12.1 Å². The number of carbonyl (C=O) groups is 1. The van der Waals surface area contributed by atoms with E-state index in [1.807, 2.05) is 6.20 Å². The summed E-state index contributed by atoms with van der Waals surface area (Å²) in [5, 5.41) is 9.84. The number of amides is 1. The fourth-order valence-corrected chi connectivity index (χ4v) is 3.08. The van der Waals surface area contributed by atoms with Crippen LogP contribution in [0.25, 0.3) is 0 Å². The van der Waals surface area contributed by atoms with Crippen molar-refractivity contribution in [2.24, 2.45) is 0 Å². The van der Waals surface area contributed by atoms with Crippen LogP contribution in [0.2, 0.25) is 0 Å². The highest BCUT2D eigenvalue weighted by Crippen LogP contribution is 2.21. The number of piperidine rings is 1. The minimum atomic E-state index is 0.139. The summed E-state index contributed by atoms with van der Waals surface area (Å²) in [5.74, 6) is 0.139. The molecule has 5 heteroatoms. The van der Waals surface area contributed by atoms with Gasteiger partial charge in [-0.15, -0.1) is 0 Å². The van der Waals surface area contributed by atoms with E-state index in [1.54, 1.807) is 6.20 Å². The van der Waals surface area contributed by atoms with Crippen molar-refractivity contribution in [2.75, 3.05) is 18.0 Å². The molecule has 0 spiro atoms. The topological polar surface area (TPSA) is 61.0 Å². The molecule has 122 valence electrons. The number of hydrogen-bond donors (Lipinski definition) is 2. The Labute approximate surface area is 137 Å². The smallest absolute Gasteiger partial charge is 0.220 e. The first-order valence-electron chi connectivity index (χ1n) is 8.29. The van der Waals surface area contributed by atoms with Crippen molar-refractivity contribution in [3.63, 3.8) is 0 Å². The Morgan fingerprint density at radius 2 is 2.22 bits per heavy atom. The summed E-state index contributed by atoms with van der Waals surface area (Å²) in [4.78, 5) is 14.5. The van der Waals surface area contributed by atoms with Gasteiger partial charge in [0.15, 0.2) is 0 Å². The second-order valence-electron chi connectivity index (χ2n) is 6.27. The summed E-state index contributed by atoms with van der Waals surface area (Å²) in [6.07, 6.45) is 6.89. The Bertz CT molecular complexity index is 630. The van der Waals surface area contributed by atoms with E-state index < -0.39 is 0 Å². The van der Waals surface area contributed by atoms with Gasteiger partial charge in [-0.25, -0.2) is 0 Å². The van der Waals surface area contributed by atoms with Gasteiger partial charge in [-0.3, -0.25) is 9.89 Å². The second kappa shape index (κ2) is 7.31. The van der Waals surface area contributed by atoms with Crippen LogP contribution < -0.4 is 10.2 Å². The van der Waals surface area contributed by atoms with E-state index in [9.17, 15) is 4.79 Å². The monoisotopic (exact) mass is 312 g/mol. The number of benzene rings is 1. The molecule has 2 aromatic rings. The molecule has 1 saturated heterocycles. The van der Waals surface area contributed by atoms with Gasteiger partial charge in [0.2, 0.25) is 5.91 Å². The molecule has 0 atom stereocenters. The van der Waals surface area contributed by atoms with Gasteiger partial charge < -0.3 is 10.2 Å². The number of hydrogen-bond acceptors (Lipinski definition) is 3. The largest absolute Gasteiger partial charge is 0.371 e. The van der Waals surface area contributed by atoms with Crippen molar-refractivity contribution in [2.45, 2.75) is 38.6 Å². The highest BCUT2D eigenvalue weighted by molar-refractivity contribution is 5.76. The molecule has 1 fully saturated rings. The average molecular weight is 312 g/mol. The SMILES string of the molecule is Cc1cccc(N2CCC(NC(=O)CCc3cn[nH]c3)CC2)c1. The third-order valence-electron chi connectivity index (χ3n) is 4.42. The number of nitrogens with one attached hydrogen (secondary N) is 2. The quantitative estimate of drug-likeness (QED) is 0.891. The zero-order valence-electron chi connectivity index (χ0n) is 13.6. The zero-order valence-corrected chi connectivity index (χ0v) is 13.6. The molecule has 0 bridgehead atoms. The van der Waals surface area contributed by atoms with Crippen molar-refractivity contribution >= 4 is 11.6 Å². The van der Waals surface area contributed by atoms with E-state index in [4.69, 9.17) is 0 Å². The Morgan fingerprint density at radius 1 is 1.39 bits per heavy atom. The Balaban J connectivity index is 1.43. The Hall–Kier alpha value is -2.30. The molecule has 0 radical (unpaired) electrons. The lowest BCUT2D eigenvalue weighted by Gasteiger charge is -2.34. The van der Waals surface area contributed by atoms with Crippen LogP contribution in [0.4, 0.5) is 5.69 Å². The third kappa shape index (κ3) is 4.34. The van der Waals surface area contributed by atoms with Gasteiger partial charge in [-0.05, 0) is 49.4 Å². The maximum Gasteiger partial charge on any atom is 0.220 e. The van der Waals surface area contributed by atoms with E-state index in [0.29, 0.717) is 12.5 Å². The summed E-state index contributed by atoms with van der Waals surface area (Å²) < 4.78 is 0. The molecule has 0 unspecified atom stereocenters. The highest BCUT2D eigenvalue weighted by atomic mass is 16.1.